The predicted octanol–water partition coefficient (Wildman–Crippen LogP) is 8.54. The molecular formula is C55H52N3O14S2-. The first kappa shape index (κ1) is 52.6. The van der Waals surface area contributed by atoms with Gasteiger partial charge in [0, 0.05) is 76.5 Å². The molecule has 3 heterocycles. The fraction of sp³-hybridized carbons (Fsp3) is 0.255. The van der Waals surface area contributed by atoms with Crippen molar-refractivity contribution in [2.24, 2.45) is 0 Å². The third kappa shape index (κ3) is 10.0. The lowest BCUT2D eigenvalue weighted by Gasteiger charge is -2.25. The molecule has 74 heavy (non-hydrogen) atoms. The summed E-state index contributed by atoms with van der Waals surface area (Å²) in [6.45, 7) is 10.6. The second-order valence-electron chi connectivity index (χ2n) is 19.1. The molecular weight excluding hydrogens is 991 g/mol. The standard InChI is InChI=1S/C55H53N3O14S2/c1-6-57-43-23-18-34(73(66,67)68)29-41(43)54(2,3)47(57)13-9-7-10-14-48-55(4,5)42-30-35(74(69,70)71)19-24-44(42)58(48)26-12-8-11-15-49(61)56-31-40-45(60)25-22-38-50(37-21-17-33(59)28-46(37)72-51(38)40)36-20-16-32(52(62)63)27-39(36)53(64)65/h7,9-10,13-14,16-25,27-30H,6,8,11-12,15,26,31H2,1-5H3,(H5-,56,59,60,61,62,63,64,65,66,67,68,69,70,71)/p-1. The highest BCUT2D eigenvalue weighted by atomic mass is 32.2. The Hall–Kier alpha value is -7.71. The third-order valence-corrected chi connectivity index (χ3v) is 15.5. The van der Waals surface area contributed by atoms with Gasteiger partial charge in [-0.15, -0.1) is 0 Å². The maximum atomic E-state index is 13.4. The minimum Gasteiger partial charge on any atom is -0.744 e. The number of aromatic hydroxyl groups is 1. The highest BCUT2D eigenvalue weighted by Gasteiger charge is 2.45. The van der Waals surface area contributed by atoms with Crippen molar-refractivity contribution >= 4 is 66.1 Å². The SMILES string of the molecule is CCN1\C(=C/C=C/C=C/C2=[N+](CCCCCC(=O)NCc3c(O)ccc4c(-c5ccc(C(=O)O)cc5C(=O)O)c5ccc(=O)cc-5oc34)c3ccc(S(=O)(=O)[O-])cc3C2(C)C)C(C)(C)c2cc(S(=O)(=O)[O-])ccc21. The van der Waals surface area contributed by atoms with E-state index in [9.17, 15) is 60.4 Å². The number of benzene rings is 5. The highest BCUT2D eigenvalue weighted by molar-refractivity contribution is 7.86. The summed E-state index contributed by atoms with van der Waals surface area (Å²) in [6.07, 6.45) is 11.2. The van der Waals surface area contributed by atoms with Crippen molar-refractivity contribution in [1.82, 2.24) is 5.32 Å². The first-order valence-corrected chi connectivity index (χ1v) is 26.4. The van der Waals surface area contributed by atoms with Gasteiger partial charge in [-0.25, -0.2) is 26.4 Å². The number of phenols is 1. The molecule has 19 heteroatoms. The van der Waals surface area contributed by atoms with E-state index in [1.807, 2.05) is 65.0 Å². The number of carbonyl (C=O) groups is 3. The normalized spacial score (nSPS) is 15.7. The zero-order chi connectivity index (χ0) is 53.7. The maximum Gasteiger partial charge on any atom is 0.336 e. The van der Waals surface area contributed by atoms with E-state index in [0.29, 0.717) is 54.4 Å². The molecule has 17 nitrogen and oxygen atoms in total. The van der Waals surface area contributed by atoms with Gasteiger partial charge in [0.25, 0.3) is 0 Å². The molecule has 3 aliphatic heterocycles. The molecule has 384 valence electrons. The molecule has 0 saturated carbocycles. The molecule has 8 rings (SSSR count). The van der Waals surface area contributed by atoms with Crippen molar-refractivity contribution < 1.29 is 64.6 Å². The summed E-state index contributed by atoms with van der Waals surface area (Å²) in [6, 6.07) is 19.3. The van der Waals surface area contributed by atoms with Gasteiger partial charge in [-0.05, 0) is 118 Å². The Bertz CT molecular complexity index is 3720. The van der Waals surface area contributed by atoms with Gasteiger partial charge in [-0.2, -0.15) is 4.58 Å². The van der Waals surface area contributed by atoms with Crippen LogP contribution < -0.4 is 15.6 Å². The number of rotatable bonds is 17. The van der Waals surface area contributed by atoms with Crippen LogP contribution in [0, 0.1) is 0 Å². The van der Waals surface area contributed by atoms with Gasteiger partial charge in [-0.1, -0.05) is 38.1 Å². The number of allylic oxidation sites excluding steroid dienone is 6. The Kier molecular flexibility index (Phi) is 14.2. The van der Waals surface area contributed by atoms with Gasteiger partial charge in [0.15, 0.2) is 11.1 Å². The minimum absolute atomic E-state index is 0.0709. The number of likely N-dealkylation sites (N-methyl/N-ethyl adjacent to an activating group) is 1. The van der Waals surface area contributed by atoms with E-state index in [0.717, 1.165) is 34.4 Å². The number of anilines is 1. The number of nitrogens with one attached hydrogen (secondary N) is 1. The van der Waals surface area contributed by atoms with Crippen LogP contribution in [-0.4, -0.2) is 82.5 Å². The molecule has 1 amide bonds. The number of nitrogens with zero attached hydrogens (tertiary/aromatic N) is 2. The Morgan fingerprint density at radius 1 is 0.770 bits per heavy atom. The quantitative estimate of drug-likeness (QED) is 0.0219. The lowest BCUT2D eigenvalue weighted by Crippen LogP contribution is -2.28. The molecule has 0 fully saturated rings. The average Bonchev–Trinajstić information content (AvgIpc) is 3.68. The number of amides is 1. The third-order valence-electron chi connectivity index (χ3n) is 13.8. The van der Waals surface area contributed by atoms with Crippen LogP contribution in [0.3, 0.4) is 0 Å². The number of hydrogen-bond donors (Lipinski definition) is 4. The van der Waals surface area contributed by atoms with Crippen molar-refractivity contribution in [2.45, 2.75) is 87.5 Å². The van der Waals surface area contributed by atoms with Crippen LogP contribution in [0.5, 0.6) is 5.75 Å². The Morgan fingerprint density at radius 2 is 1.46 bits per heavy atom. The molecule has 0 bridgehead atoms. The van der Waals surface area contributed by atoms with Crippen LogP contribution in [0.2, 0.25) is 0 Å². The van der Waals surface area contributed by atoms with Crippen molar-refractivity contribution in [1.29, 1.82) is 0 Å². The van der Waals surface area contributed by atoms with Crippen LogP contribution in [0.15, 0.2) is 140 Å². The molecule has 1 aliphatic carbocycles. The van der Waals surface area contributed by atoms with Crippen molar-refractivity contribution in [3.63, 3.8) is 0 Å². The molecule has 0 spiro atoms. The summed E-state index contributed by atoms with van der Waals surface area (Å²) in [5.74, 6) is -3.23. The van der Waals surface area contributed by atoms with Crippen LogP contribution >= 0.6 is 0 Å². The van der Waals surface area contributed by atoms with E-state index >= 15 is 0 Å². The molecule has 0 atom stereocenters. The molecule has 0 aromatic heterocycles. The number of hydrogen-bond acceptors (Lipinski definition) is 13. The van der Waals surface area contributed by atoms with Crippen molar-refractivity contribution in [3.8, 4) is 28.2 Å². The van der Waals surface area contributed by atoms with E-state index in [1.54, 1.807) is 12.1 Å². The molecule has 4 aromatic carbocycles. The summed E-state index contributed by atoms with van der Waals surface area (Å²) in [7, 11) is -9.41. The summed E-state index contributed by atoms with van der Waals surface area (Å²) < 4.78 is 80.2. The van der Waals surface area contributed by atoms with E-state index in [2.05, 4.69) is 14.8 Å². The zero-order valence-electron chi connectivity index (χ0n) is 41.0. The number of carboxylic acid groups (broad SMARTS) is 2. The Labute approximate surface area is 427 Å². The number of aromatic carboxylic acids is 2. The molecule has 0 saturated heterocycles. The number of fused-ring (bicyclic) bond motifs is 4. The van der Waals surface area contributed by atoms with E-state index in [4.69, 9.17) is 4.42 Å². The monoisotopic (exact) mass is 1040 g/mol. The van der Waals surface area contributed by atoms with E-state index in [1.165, 1.54) is 66.7 Å². The molecule has 0 radical (unpaired) electrons. The van der Waals surface area contributed by atoms with Crippen LogP contribution in [0.1, 0.15) is 97.7 Å². The maximum absolute atomic E-state index is 13.4. The smallest absolute Gasteiger partial charge is 0.336 e. The summed E-state index contributed by atoms with van der Waals surface area (Å²) in [5, 5.41) is 34.0. The fourth-order valence-electron chi connectivity index (χ4n) is 10.1. The van der Waals surface area contributed by atoms with Gasteiger partial charge in [0.05, 0.1) is 38.4 Å². The molecule has 4 aliphatic rings. The predicted molar refractivity (Wildman–Crippen MR) is 274 cm³/mol. The van der Waals surface area contributed by atoms with Gasteiger partial charge in [-0.3, -0.25) is 9.59 Å². The summed E-state index contributed by atoms with van der Waals surface area (Å²) >= 11 is 0. The Balaban J connectivity index is 0.991. The molecule has 0 unspecified atom stereocenters. The first-order valence-electron chi connectivity index (χ1n) is 23.6. The number of carboxylic acids is 2. The van der Waals surface area contributed by atoms with Gasteiger partial charge < -0.3 is 39.1 Å². The first-order chi connectivity index (χ1) is 34.8. The van der Waals surface area contributed by atoms with Gasteiger partial charge in [0.1, 0.15) is 43.9 Å². The summed E-state index contributed by atoms with van der Waals surface area (Å²) in [4.78, 5) is 51.5. The zero-order valence-corrected chi connectivity index (χ0v) is 42.6. The molecule has 4 N–H and O–H groups in total. The van der Waals surface area contributed by atoms with E-state index < -0.39 is 48.4 Å². The number of unbranched alkanes of at least 4 members (excludes halogenated alkanes) is 2. The topological polar surface area (TPSA) is 275 Å². The minimum atomic E-state index is -4.76. The van der Waals surface area contributed by atoms with Crippen LogP contribution in [0.25, 0.3) is 33.4 Å². The van der Waals surface area contributed by atoms with E-state index in [-0.39, 0.29) is 68.0 Å². The molecule has 4 aromatic rings. The van der Waals surface area contributed by atoms with Crippen LogP contribution in [-0.2, 0) is 42.4 Å². The van der Waals surface area contributed by atoms with Crippen molar-refractivity contribution in [2.75, 3.05) is 18.0 Å². The second kappa shape index (κ2) is 20.0. The number of phenolic OH excluding ortho intramolecular Hbond substituents is 1. The lowest BCUT2D eigenvalue weighted by molar-refractivity contribution is -0.438. The lowest BCUT2D eigenvalue weighted by atomic mass is 9.81. The Morgan fingerprint density at radius 3 is 2.14 bits per heavy atom. The fourth-order valence-corrected chi connectivity index (χ4v) is 11.1. The highest BCUT2D eigenvalue weighted by Crippen LogP contribution is 2.49. The van der Waals surface area contributed by atoms with Gasteiger partial charge >= 0.3 is 11.9 Å². The second-order valence-corrected chi connectivity index (χ2v) is 21.9. The summed E-state index contributed by atoms with van der Waals surface area (Å²) in [5.41, 5.74) is 3.35. The number of carbonyl (C=O) groups excluding carboxylic acids is 1. The average molecular weight is 1040 g/mol. The van der Waals surface area contributed by atoms with Crippen LogP contribution in [0.4, 0.5) is 11.4 Å². The van der Waals surface area contributed by atoms with Gasteiger partial charge in [0.2, 0.25) is 11.6 Å². The largest absolute Gasteiger partial charge is 0.744 e. The van der Waals surface area contributed by atoms with Crippen molar-refractivity contribution in [3.05, 3.63) is 159 Å².